The number of likely N-dealkylation sites (N-methyl/N-ethyl adjacent to an activating group) is 1. The maximum atomic E-state index is 12.5. The normalized spacial score (nSPS) is 19.5. The van der Waals surface area contributed by atoms with Gasteiger partial charge in [-0.15, -0.1) is 0 Å². The zero-order valence-corrected chi connectivity index (χ0v) is 18.4. The lowest BCUT2D eigenvalue weighted by Crippen LogP contribution is -2.31. The molecule has 2 aliphatic heterocycles. The van der Waals surface area contributed by atoms with Crippen molar-refractivity contribution in [3.63, 3.8) is 0 Å². The van der Waals surface area contributed by atoms with Gasteiger partial charge in [0.25, 0.3) is 0 Å². The van der Waals surface area contributed by atoms with Crippen LogP contribution in [-0.2, 0) is 32.6 Å². The van der Waals surface area contributed by atoms with E-state index in [0.717, 1.165) is 11.1 Å². The van der Waals surface area contributed by atoms with E-state index in [0.29, 0.717) is 52.4 Å². The van der Waals surface area contributed by atoms with E-state index in [2.05, 4.69) is 31.2 Å². The van der Waals surface area contributed by atoms with Gasteiger partial charge in [-0.05, 0) is 33.5 Å². The maximum absolute atomic E-state index is 12.5. The fourth-order valence-corrected chi connectivity index (χ4v) is 4.97. The van der Waals surface area contributed by atoms with Crippen molar-refractivity contribution in [1.82, 2.24) is 14.9 Å². The summed E-state index contributed by atoms with van der Waals surface area (Å²) in [7, 11) is -1.95. The smallest absolute Gasteiger partial charge is 0.249 e. The molecule has 2 aliphatic rings. The second-order valence-corrected chi connectivity index (χ2v) is 10.1. The van der Waals surface area contributed by atoms with Gasteiger partial charge in [0.2, 0.25) is 20.9 Å². The van der Waals surface area contributed by atoms with Crippen LogP contribution < -0.4 is 5.32 Å². The first-order valence-electron chi connectivity index (χ1n) is 8.77. The standard InChI is InChI=1S/C17H18BrClN4O4S/c1-3-28(25,26)17-21-14-11(8-6-27-7-9(8)12(18)13(14)19)15(22-17)20-10-4-5-23(2)16(10)24/h10H,3-7H2,1-2H3,(H,20,21,22)/t10-/m1/s1. The number of sulfone groups is 1. The number of likely N-dealkylation sites (tertiary alicyclic amines) is 1. The van der Waals surface area contributed by atoms with E-state index in [9.17, 15) is 13.2 Å². The van der Waals surface area contributed by atoms with Crippen LogP contribution >= 0.6 is 27.5 Å². The number of rotatable bonds is 4. The van der Waals surface area contributed by atoms with Gasteiger partial charge in [0, 0.05) is 18.1 Å². The van der Waals surface area contributed by atoms with Crippen molar-refractivity contribution in [2.75, 3.05) is 24.7 Å². The molecule has 28 heavy (non-hydrogen) atoms. The maximum Gasteiger partial charge on any atom is 0.249 e. The summed E-state index contributed by atoms with van der Waals surface area (Å²) in [6.07, 6.45) is 0.597. The first-order chi connectivity index (χ1) is 13.2. The molecular formula is C17H18BrClN4O4S. The molecule has 1 atom stereocenters. The van der Waals surface area contributed by atoms with Crippen LogP contribution in [0, 0.1) is 0 Å². The molecule has 0 aliphatic carbocycles. The quantitative estimate of drug-likeness (QED) is 0.658. The van der Waals surface area contributed by atoms with E-state index >= 15 is 0 Å². The molecule has 11 heteroatoms. The number of hydrogen-bond donors (Lipinski definition) is 1. The van der Waals surface area contributed by atoms with Crippen LogP contribution in [0.25, 0.3) is 10.9 Å². The Morgan fingerprint density at radius 3 is 2.68 bits per heavy atom. The molecule has 2 aromatic rings. The highest BCUT2D eigenvalue weighted by Crippen LogP contribution is 2.43. The minimum absolute atomic E-state index is 0.0669. The summed E-state index contributed by atoms with van der Waals surface area (Å²) in [4.78, 5) is 22.6. The highest BCUT2D eigenvalue weighted by atomic mass is 79.9. The van der Waals surface area contributed by atoms with Crippen molar-refractivity contribution in [1.29, 1.82) is 0 Å². The van der Waals surface area contributed by atoms with E-state index in [-0.39, 0.29) is 16.8 Å². The number of anilines is 1. The largest absolute Gasteiger partial charge is 0.372 e. The predicted octanol–water partition coefficient (Wildman–Crippen LogP) is 2.51. The second kappa shape index (κ2) is 7.08. The summed E-state index contributed by atoms with van der Waals surface area (Å²) < 4.78 is 31.2. The van der Waals surface area contributed by atoms with E-state index in [1.165, 1.54) is 6.92 Å². The summed E-state index contributed by atoms with van der Waals surface area (Å²) >= 11 is 10.00. The van der Waals surface area contributed by atoms with Gasteiger partial charge in [0.05, 0.1) is 34.9 Å². The number of fused-ring (bicyclic) bond motifs is 3. The predicted molar refractivity (Wildman–Crippen MR) is 108 cm³/mol. The van der Waals surface area contributed by atoms with Gasteiger partial charge >= 0.3 is 0 Å². The molecule has 150 valence electrons. The molecular weight excluding hydrogens is 472 g/mol. The molecule has 4 rings (SSSR count). The monoisotopic (exact) mass is 488 g/mol. The van der Waals surface area contributed by atoms with Crippen molar-refractivity contribution >= 4 is 60.0 Å². The Morgan fingerprint density at radius 2 is 2.04 bits per heavy atom. The number of carbonyl (C=O) groups excluding carboxylic acids is 1. The Bertz CT molecular complexity index is 1110. The molecule has 1 amide bonds. The highest BCUT2D eigenvalue weighted by molar-refractivity contribution is 9.10. The van der Waals surface area contributed by atoms with Gasteiger partial charge in [0.15, 0.2) is 0 Å². The van der Waals surface area contributed by atoms with Crippen molar-refractivity contribution in [2.24, 2.45) is 0 Å². The summed E-state index contributed by atoms with van der Waals surface area (Å²) in [6.45, 7) is 2.86. The van der Waals surface area contributed by atoms with Crippen LogP contribution in [0.5, 0.6) is 0 Å². The Morgan fingerprint density at radius 1 is 1.32 bits per heavy atom. The number of amides is 1. The lowest BCUT2D eigenvalue weighted by atomic mass is 10.0. The van der Waals surface area contributed by atoms with Gasteiger partial charge < -0.3 is 15.0 Å². The summed E-state index contributed by atoms with van der Waals surface area (Å²) in [5, 5.41) is 3.73. The third-order valence-corrected chi connectivity index (χ3v) is 8.08. The lowest BCUT2D eigenvalue weighted by molar-refractivity contribution is -0.127. The van der Waals surface area contributed by atoms with Crippen molar-refractivity contribution < 1.29 is 17.9 Å². The zero-order valence-electron chi connectivity index (χ0n) is 15.3. The van der Waals surface area contributed by atoms with Gasteiger partial charge in [-0.25, -0.2) is 18.4 Å². The Balaban J connectivity index is 1.99. The second-order valence-electron chi connectivity index (χ2n) is 6.81. The van der Waals surface area contributed by atoms with Gasteiger partial charge in [-0.3, -0.25) is 4.79 Å². The molecule has 0 radical (unpaired) electrons. The molecule has 1 N–H and O–H groups in total. The molecule has 1 aromatic carbocycles. The molecule has 8 nitrogen and oxygen atoms in total. The van der Waals surface area contributed by atoms with E-state index < -0.39 is 15.9 Å². The van der Waals surface area contributed by atoms with Crippen LogP contribution in [0.15, 0.2) is 9.63 Å². The van der Waals surface area contributed by atoms with Crippen LogP contribution in [0.4, 0.5) is 5.82 Å². The molecule has 3 heterocycles. The third kappa shape index (κ3) is 3.06. The summed E-state index contributed by atoms with van der Waals surface area (Å²) in [5.41, 5.74) is 2.04. The molecule has 0 saturated carbocycles. The minimum atomic E-state index is -3.68. The Hall–Kier alpha value is -1.49. The molecule has 0 unspecified atom stereocenters. The highest BCUT2D eigenvalue weighted by Gasteiger charge is 2.32. The van der Waals surface area contributed by atoms with Gasteiger partial charge in [-0.1, -0.05) is 18.5 Å². The van der Waals surface area contributed by atoms with Crippen molar-refractivity contribution in [3.8, 4) is 0 Å². The minimum Gasteiger partial charge on any atom is -0.372 e. The first kappa shape index (κ1) is 19.8. The van der Waals surface area contributed by atoms with Crippen molar-refractivity contribution in [2.45, 2.75) is 37.8 Å². The van der Waals surface area contributed by atoms with Crippen LogP contribution in [0.2, 0.25) is 5.02 Å². The molecule has 1 aromatic heterocycles. The van der Waals surface area contributed by atoms with Gasteiger partial charge in [0.1, 0.15) is 11.9 Å². The average molecular weight is 490 g/mol. The van der Waals surface area contributed by atoms with E-state index in [1.807, 2.05) is 0 Å². The van der Waals surface area contributed by atoms with Crippen molar-refractivity contribution in [3.05, 3.63) is 20.6 Å². The number of carbonyl (C=O) groups is 1. The number of ether oxygens (including phenoxy) is 1. The van der Waals surface area contributed by atoms with E-state index in [4.69, 9.17) is 16.3 Å². The fourth-order valence-electron chi connectivity index (χ4n) is 3.46. The summed E-state index contributed by atoms with van der Waals surface area (Å²) in [6, 6.07) is -0.485. The third-order valence-electron chi connectivity index (χ3n) is 5.11. The van der Waals surface area contributed by atoms with Crippen LogP contribution in [0.3, 0.4) is 0 Å². The average Bonchev–Trinajstić information content (AvgIpc) is 3.28. The molecule has 1 saturated heterocycles. The topological polar surface area (TPSA) is 101 Å². The first-order valence-corrected chi connectivity index (χ1v) is 11.6. The molecule has 0 bridgehead atoms. The number of nitrogens with one attached hydrogen (secondary N) is 1. The molecule has 0 spiro atoms. The number of nitrogens with zero attached hydrogens (tertiary/aromatic N) is 3. The number of aromatic nitrogens is 2. The Kier molecular flexibility index (Phi) is 5.01. The molecule has 1 fully saturated rings. The van der Waals surface area contributed by atoms with Crippen LogP contribution in [0.1, 0.15) is 24.5 Å². The SMILES string of the molecule is CCS(=O)(=O)c1nc(N[C@@H]2CCN(C)C2=O)c2c3c(c(Br)c(Cl)c2n1)COC3. The number of halogens is 2. The van der Waals surface area contributed by atoms with E-state index in [1.54, 1.807) is 11.9 Å². The van der Waals surface area contributed by atoms with Gasteiger partial charge in [-0.2, -0.15) is 0 Å². The lowest BCUT2D eigenvalue weighted by Gasteiger charge is -2.18. The number of benzene rings is 1. The fraction of sp³-hybridized carbons (Fsp3) is 0.471. The summed E-state index contributed by atoms with van der Waals surface area (Å²) in [5.74, 6) is 0.0835. The van der Waals surface area contributed by atoms with Crippen LogP contribution in [-0.4, -0.2) is 54.6 Å². The zero-order chi connectivity index (χ0) is 20.2. The number of hydrogen-bond acceptors (Lipinski definition) is 7. The Labute approximate surface area is 175 Å².